The Kier molecular flexibility index (Phi) is 7.23. The molecule has 0 unspecified atom stereocenters. The van der Waals surface area contributed by atoms with Gasteiger partial charge in [-0.25, -0.2) is 4.85 Å². The van der Waals surface area contributed by atoms with Crippen LogP contribution in [0.4, 0.5) is 39.8 Å². The van der Waals surface area contributed by atoms with Gasteiger partial charge in [-0.2, -0.15) is 0 Å². The molecule has 0 bridgehead atoms. The quantitative estimate of drug-likeness (QED) is 0.0966. The highest BCUT2D eigenvalue weighted by atomic mass is 15.2. The number of anilines is 6. The van der Waals surface area contributed by atoms with Crippen molar-refractivity contribution in [1.82, 2.24) is 0 Å². The topological polar surface area (TPSA) is 10.8 Å². The Labute approximate surface area is 324 Å². The number of fused-ring (bicyclic) bond motifs is 6. The predicted octanol–water partition coefficient (Wildman–Crippen LogP) is 15.5. The fourth-order valence-corrected chi connectivity index (χ4v) is 8.94. The molecule has 3 heteroatoms. The van der Waals surface area contributed by atoms with E-state index in [-0.39, 0.29) is 0 Å². The molecule has 0 fully saturated rings. The molecule has 11 rings (SSSR count). The third-order valence-electron chi connectivity index (χ3n) is 11.4. The third kappa shape index (κ3) is 4.83. The second kappa shape index (κ2) is 12.7. The molecule has 0 heterocycles. The smallest absolute Gasteiger partial charge is 0.187 e. The van der Waals surface area contributed by atoms with Gasteiger partial charge in [-0.05, 0) is 92.3 Å². The molecule has 3 nitrogen and oxygen atoms in total. The minimum Gasteiger partial charge on any atom is -0.310 e. The Hall–Kier alpha value is -7.67. The highest BCUT2D eigenvalue weighted by Crippen LogP contribution is 2.51. The maximum atomic E-state index is 7.71. The van der Waals surface area contributed by atoms with Gasteiger partial charge in [-0.15, -0.1) is 0 Å². The summed E-state index contributed by atoms with van der Waals surface area (Å²) in [5, 5.41) is 14.6. The number of hydrogen-bond acceptors (Lipinski definition) is 2. The molecule has 0 N–H and O–H groups in total. The Morgan fingerprint density at radius 1 is 0.304 bits per heavy atom. The summed E-state index contributed by atoms with van der Waals surface area (Å²) >= 11 is 0. The monoisotopic (exact) mass is 711 g/mol. The molecule has 11 aromatic rings. The summed E-state index contributed by atoms with van der Waals surface area (Å²) < 4.78 is 0. The lowest BCUT2D eigenvalue weighted by atomic mass is 9.87. The van der Waals surface area contributed by atoms with Crippen LogP contribution < -0.4 is 9.80 Å². The van der Waals surface area contributed by atoms with E-state index in [4.69, 9.17) is 6.57 Å². The largest absolute Gasteiger partial charge is 0.310 e. The van der Waals surface area contributed by atoms with Crippen LogP contribution in [0.15, 0.2) is 200 Å². The van der Waals surface area contributed by atoms with E-state index < -0.39 is 0 Å². The first kappa shape index (κ1) is 31.8. The molecule has 260 valence electrons. The van der Waals surface area contributed by atoms with Crippen LogP contribution in [0.2, 0.25) is 0 Å². The maximum absolute atomic E-state index is 7.71. The van der Waals surface area contributed by atoms with Crippen LogP contribution in [0.1, 0.15) is 0 Å². The van der Waals surface area contributed by atoms with E-state index in [0.29, 0.717) is 5.69 Å². The van der Waals surface area contributed by atoms with Crippen LogP contribution in [0.3, 0.4) is 0 Å². The van der Waals surface area contributed by atoms with Gasteiger partial charge in [0.1, 0.15) is 0 Å². The van der Waals surface area contributed by atoms with Gasteiger partial charge in [-0.1, -0.05) is 146 Å². The number of rotatable bonds is 6. The number of para-hydroxylation sites is 2. The first-order chi connectivity index (χ1) is 27.8. The van der Waals surface area contributed by atoms with Crippen LogP contribution in [0, 0.1) is 6.57 Å². The molecule has 0 amide bonds. The minimum absolute atomic E-state index is 0.618. The van der Waals surface area contributed by atoms with Crippen molar-refractivity contribution in [3.8, 4) is 0 Å². The highest BCUT2D eigenvalue weighted by Gasteiger charge is 2.24. The van der Waals surface area contributed by atoms with Crippen molar-refractivity contribution >= 4 is 104 Å². The van der Waals surface area contributed by atoms with Crippen LogP contribution >= 0.6 is 0 Å². The van der Waals surface area contributed by atoms with E-state index >= 15 is 0 Å². The van der Waals surface area contributed by atoms with Gasteiger partial charge in [0.25, 0.3) is 0 Å². The lowest BCUT2D eigenvalue weighted by molar-refractivity contribution is 1.30. The van der Waals surface area contributed by atoms with Crippen molar-refractivity contribution in [2.45, 2.75) is 0 Å². The predicted molar refractivity (Wildman–Crippen MR) is 238 cm³/mol. The van der Waals surface area contributed by atoms with E-state index in [0.717, 1.165) is 34.1 Å². The van der Waals surface area contributed by atoms with Crippen molar-refractivity contribution in [3.05, 3.63) is 212 Å². The van der Waals surface area contributed by atoms with E-state index in [9.17, 15) is 0 Å². The zero-order valence-electron chi connectivity index (χ0n) is 30.4. The molecule has 0 atom stereocenters. The molecule has 0 aromatic heterocycles. The van der Waals surface area contributed by atoms with Gasteiger partial charge < -0.3 is 9.80 Å². The Bertz CT molecular complexity index is 3270. The first-order valence-electron chi connectivity index (χ1n) is 19.0. The number of hydrogen-bond donors (Lipinski definition) is 0. The van der Waals surface area contributed by atoms with Crippen molar-refractivity contribution in [1.29, 1.82) is 0 Å². The molecule has 11 aromatic carbocycles. The summed E-state index contributed by atoms with van der Waals surface area (Å²) in [4.78, 5) is 8.51. The Morgan fingerprint density at radius 3 is 1.29 bits per heavy atom. The summed E-state index contributed by atoms with van der Waals surface area (Å²) in [5.74, 6) is 0. The lowest BCUT2D eigenvalue weighted by Crippen LogP contribution is -2.12. The molecule has 0 radical (unpaired) electrons. The molecule has 0 saturated heterocycles. The van der Waals surface area contributed by atoms with Crippen molar-refractivity contribution in [3.63, 3.8) is 0 Å². The van der Waals surface area contributed by atoms with E-state index in [1.54, 1.807) is 0 Å². The van der Waals surface area contributed by atoms with Crippen LogP contribution in [-0.4, -0.2) is 0 Å². The van der Waals surface area contributed by atoms with E-state index in [1.807, 2.05) is 12.1 Å². The molecular weight excluding hydrogens is 679 g/mol. The fourth-order valence-electron chi connectivity index (χ4n) is 8.94. The van der Waals surface area contributed by atoms with Gasteiger partial charge >= 0.3 is 0 Å². The van der Waals surface area contributed by atoms with Crippen molar-refractivity contribution < 1.29 is 0 Å². The highest BCUT2D eigenvalue weighted by molar-refractivity contribution is 6.36. The average Bonchev–Trinajstić information content (AvgIpc) is 3.27. The zero-order chi connectivity index (χ0) is 37.2. The van der Waals surface area contributed by atoms with Crippen LogP contribution in [0.25, 0.3) is 69.5 Å². The Balaban J connectivity index is 1.26. The fraction of sp³-hybridized carbons (Fsp3) is 0. The zero-order valence-corrected chi connectivity index (χ0v) is 30.4. The Morgan fingerprint density at radius 2 is 0.732 bits per heavy atom. The standard InChI is InChI=1S/C53H33N3/c1-54-36-24-26-39(27-25-36)56(51-34-35-14-8-9-19-40(35)41-20-12-13-23-44(41)51)50-33-31-46-43-22-11-10-21-42(43)45-30-32-49(47-28-29-48(50)53(46)52(45)47)55(37-15-4-2-5-16-37)38-17-6-3-7-18-38/h2-34H. The summed E-state index contributed by atoms with van der Waals surface area (Å²) in [6.07, 6.45) is 0. The number of benzene rings is 11. The second-order valence-electron chi connectivity index (χ2n) is 14.4. The minimum atomic E-state index is 0.618. The van der Waals surface area contributed by atoms with Crippen LogP contribution in [0.5, 0.6) is 0 Å². The third-order valence-corrected chi connectivity index (χ3v) is 11.4. The SMILES string of the molecule is [C-]#[N+]c1ccc(N(c2cc3ccccc3c3ccccc23)c2ccc3c4ccccc4c4ccc(N(c5ccccc5)c5ccccc5)c5ccc2c3c54)cc1. The summed E-state index contributed by atoms with van der Waals surface area (Å²) in [5.41, 5.74) is 7.14. The number of nitrogens with zero attached hydrogens (tertiary/aromatic N) is 3. The van der Waals surface area contributed by atoms with Crippen molar-refractivity contribution in [2.75, 3.05) is 9.80 Å². The lowest BCUT2D eigenvalue weighted by Gasteiger charge is -2.30. The molecule has 0 spiro atoms. The second-order valence-corrected chi connectivity index (χ2v) is 14.4. The first-order valence-corrected chi connectivity index (χ1v) is 19.0. The average molecular weight is 712 g/mol. The molecule has 0 saturated carbocycles. The van der Waals surface area contributed by atoms with Gasteiger partial charge in [0.15, 0.2) is 5.69 Å². The summed E-state index contributed by atoms with van der Waals surface area (Å²) in [7, 11) is 0. The maximum Gasteiger partial charge on any atom is 0.187 e. The normalized spacial score (nSPS) is 11.6. The van der Waals surface area contributed by atoms with Gasteiger partial charge in [0, 0.05) is 44.0 Å². The van der Waals surface area contributed by atoms with Crippen molar-refractivity contribution in [2.24, 2.45) is 0 Å². The summed E-state index contributed by atoms with van der Waals surface area (Å²) in [6, 6.07) is 71.7. The molecule has 0 aliphatic carbocycles. The van der Waals surface area contributed by atoms with E-state index in [1.165, 1.54) is 64.6 Å². The van der Waals surface area contributed by atoms with Gasteiger partial charge in [-0.3, -0.25) is 0 Å². The van der Waals surface area contributed by atoms with E-state index in [2.05, 4.69) is 203 Å². The van der Waals surface area contributed by atoms with Crippen LogP contribution in [-0.2, 0) is 0 Å². The molecule has 0 aliphatic heterocycles. The molecule has 56 heavy (non-hydrogen) atoms. The van der Waals surface area contributed by atoms with Gasteiger partial charge in [0.05, 0.1) is 23.6 Å². The van der Waals surface area contributed by atoms with Gasteiger partial charge in [0.2, 0.25) is 0 Å². The molecule has 0 aliphatic rings. The molecular formula is C53H33N3. The summed E-state index contributed by atoms with van der Waals surface area (Å²) in [6.45, 7) is 7.71.